The molecule has 6 nitrogen and oxygen atoms in total. The van der Waals surface area contributed by atoms with Crippen LogP contribution in [0, 0.1) is 0 Å². The fourth-order valence-electron chi connectivity index (χ4n) is 2.27. The van der Waals surface area contributed by atoms with Crippen molar-refractivity contribution in [2.24, 2.45) is 0 Å². The molecule has 3 heterocycles. The Bertz CT molecular complexity index is 777. The molecule has 0 bridgehead atoms. The summed E-state index contributed by atoms with van der Waals surface area (Å²) in [5, 5.41) is 19.8. The Morgan fingerprint density at radius 3 is 2.44 bits per heavy atom. The van der Waals surface area contributed by atoms with Crippen LogP contribution >= 0.6 is 22.7 Å². The first-order valence-corrected chi connectivity index (χ1v) is 9.24. The first kappa shape index (κ1) is 17.4. The molecular weight excluding hydrogens is 360 g/mol. The lowest BCUT2D eigenvalue weighted by molar-refractivity contribution is -0.139. The summed E-state index contributed by atoms with van der Waals surface area (Å²) < 4.78 is 5.32. The standard InChI is InChI=1S/C17H16N2O4S2/c20-15(18-10-12-4-2-8-24-12)16(21)19-11-17(22,13-5-1-7-23-13)14-6-3-9-25-14/h1-9,22H,10-11H2,(H,18,20)(H,19,21). The molecule has 0 saturated heterocycles. The third-order valence-electron chi connectivity index (χ3n) is 3.57. The van der Waals surface area contributed by atoms with E-state index in [4.69, 9.17) is 4.42 Å². The fraction of sp³-hybridized carbons (Fsp3) is 0.176. The van der Waals surface area contributed by atoms with Crippen molar-refractivity contribution in [2.75, 3.05) is 6.54 Å². The Morgan fingerprint density at radius 1 is 1.04 bits per heavy atom. The second-order valence-corrected chi connectivity index (χ2v) is 7.24. The SMILES string of the molecule is O=C(NCc1cccs1)C(=O)NCC(O)(c1ccco1)c1cccs1. The maximum absolute atomic E-state index is 12.0. The summed E-state index contributed by atoms with van der Waals surface area (Å²) in [7, 11) is 0. The van der Waals surface area contributed by atoms with E-state index in [9.17, 15) is 14.7 Å². The highest BCUT2D eigenvalue weighted by atomic mass is 32.1. The van der Waals surface area contributed by atoms with E-state index in [1.54, 1.807) is 24.3 Å². The van der Waals surface area contributed by atoms with E-state index in [0.29, 0.717) is 10.6 Å². The van der Waals surface area contributed by atoms with Crippen LogP contribution < -0.4 is 10.6 Å². The second-order valence-electron chi connectivity index (χ2n) is 5.26. The van der Waals surface area contributed by atoms with Gasteiger partial charge in [-0.1, -0.05) is 12.1 Å². The fourth-order valence-corrected chi connectivity index (χ4v) is 3.75. The van der Waals surface area contributed by atoms with Gasteiger partial charge in [0.1, 0.15) is 5.76 Å². The molecule has 1 unspecified atom stereocenters. The largest absolute Gasteiger partial charge is 0.466 e. The minimum absolute atomic E-state index is 0.174. The zero-order chi connectivity index (χ0) is 17.7. The van der Waals surface area contributed by atoms with E-state index in [0.717, 1.165) is 4.88 Å². The molecule has 0 fully saturated rings. The van der Waals surface area contributed by atoms with Gasteiger partial charge in [0.25, 0.3) is 0 Å². The molecule has 25 heavy (non-hydrogen) atoms. The van der Waals surface area contributed by atoms with Crippen LogP contribution in [0.5, 0.6) is 0 Å². The monoisotopic (exact) mass is 376 g/mol. The Kier molecular flexibility index (Phi) is 5.32. The van der Waals surface area contributed by atoms with E-state index >= 15 is 0 Å². The maximum Gasteiger partial charge on any atom is 0.309 e. The summed E-state index contributed by atoms with van der Waals surface area (Å²) in [4.78, 5) is 25.5. The molecule has 0 aliphatic carbocycles. The molecule has 0 saturated carbocycles. The number of thiophene rings is 2. The quantitative estimate of drug-likeness (QED) is 0.575. The maximum atomic E-state index is 12.0. The van der Waals surface area contributed by atoms with Crippen molar-refractivity contribution >= 4 is 34.5 Å². The summed E-state index contributed by atoms with van der Waals surface area (Å²) in [6.07, 6.45) is 1.45. The molecule has 0 aromatic carbocycles. The normalized spacial score (nSPS) is 13.2. The van der Waals surface area contributed by atoms with Gasteiger partial charge in [-0.3, -0.25) is 9.59 Å². The average Bonchev–Trinajstić information content (AvgIpc) is 3.38. The van der Waals surface area contributed by atoms with Gasteiger partial charge >= 0.3 is 11.8 Å². The first-order chi connectivity index (χ1) is 12.1. The van der Waals surface area contributed by atoms with Gasteiger partial charge in [0.15, 0.2) is 5.60 Å². The molecule has 3 N–H and O–H groups in total. The van der Waals surface area contributed by atoms with E-state index in [1.807, 2.05) is 22.9 Å². The summed E-state index contributed by atoms with van der Waals surface area (Å²) in [5.74, 6) is -1.26. The number of amides is 2. The van der Waals surface area contributed by atoms with Gasteiger partial charge in [0.2, 0.25) is 0 Å². The molecule has 0 spiro atoms. The van der Waals surface area contributed by atoms with Crippen LogP contribution in [-0.4, -0.2) is 23.5 Å². The van der Waals surface area contributed by atoms with E-state index in [2.05, 4.69) is 10.6 Å². The van der Waals surface area contributed by atoms with Gasteiger partial charge in [0.05, 0.1) is 19.4 Å². The van der Waals surface area contributed by atoms with Crippen LogP contribution in [0.25, 0.3) is 0 Å². The highest BCUT2D eigenvalue weighted by molar-refractivity contribution is 7.10. The zero-order valence-corrected chi connectivity index (χ0v) is 14.7. The second kappa shape index (κ2) is 7.64. The van der Waals surface area contributed by atoms with Gasteiger partial charge in [-0.25, -0.2) is 0 Å². The van der Waals surface area contributed by atoms with Crippen molar-refractivity contribution < 1.29 is 19.1 Å². The minimum Gasteiger partial charge on any atom is -0.466 e. The van der Waals surface area contributed by atoms with E-state index in [-0.39, 0.29) is 13.1 Å². The zero-order valence-electron chi connectivity index (χ0n) is 13.1. The third kappa shape index (κ3) is 3.98. The molecule has 3 rings (SSSR count). The lowest BCUT2D eigenvalue weighted by Crippen LogP contribution is -2.46. The Morgan fingerprint density at radius 2 is 1.80 bits per heavy atom. The van der Waals surface area contributed by atoms with Crippen molar-refractivity contribution in [1.29, 1.82) is 0 Å². The molecule has 0 aliphatic heterocycles. The van der Waals surface area contributed by atoms with Gasteiger partial charge in [-0.05, 0) is 35.0 Å². The van der Waals surface area contributed by atoms with Crippen molar-refractivity contribution in [3.05, 3.63) is 68.9 Å². The van der Waals surface area contributed by atoms with Crippen LogP contribution in [0.1, 0.15) is 15.5 Å². The smallest absolute Gasteiger partial charge is 0.309 e. The van der Waals surface area contributed by atoms with Crippen molar-refractivity contribution in [1.82, 2.24) is 10.6 Å². The number of carbonyl (C=O) groups is 2. The topological polar surface area (TPSA) is 91.6 Å². The number of furan rings is 1. The van der Waals surface area contributed by atoms with Gasteiger partial charge in [-0.15, -0.1) is 22.7 Å². The summed E-state index contributed by atoms with van der Waals surface area (Å²) >= 11 is 2.83. The summed E-state index contributed by atoms with van der Waals surface area (Å²) in [6.45, 7) is 0.115. The van der Waals surface area contributed by atoms with Crippen LogP contribution in [0.4, 0.5) is 0 Å². The number of nitrogens with one attached hydrogen (secondary N) is 2. The van der Waals surface area contributed by atoms with E-state index < -0.39 is 17.4 Å². The van der Waals surface area contributed by atoms with Crippen molar-refractivity contribution in [3.8, 4) is 0 Å². The molecule has 0 aliphatic rings. The molecule has 3 aromatic heterocycles. The summed E-state index contributed by atoms with van der Waals surface area (Å²) in [5.41, 5.74) is -1.53. The molecule has 0 radical (unpaired) electrons. The number of rotatable bonds is 6. The molecule has 2 amide bonds. The lowest BCUT2D eigenvalue weighted by atomic mass is 9.98. The van der Waals surface area contributed by atoms with Crippen LogP contribution in [0.3, 0.4) is 0 Å². The molecule has 130 valence electrons. The summed E-state index contributed by atoms with van der Waals surface area (Å²) in [6, 6.07) is 10.6. The van der Waals surface area contributed by atoms with E-state index in [1.165, 1.54) is 28.9 Å². The predicted octanol–water partition coefficient (Wildman–Crippen LogP) is 2.07. The van der Waals surface area contributed by atoms with Crippen molar-refractivity contribution in [3.63, 3.8) is 0 Å². The number of aliphatic hydroxyl groups is 1. The number of hydrogen-bond donors (Lipinski definition) is 3. The Balaban J connectivity index is 1.63. The number of carbonyl (C=O) groups excluding carboxylic acids is 2. The minimum atomic E-state index is -1.53. The van der Waals surface area contributed by atoms with Gasteiger partial charge < -0.3 is 20.2 Å². The van der Waals surface area contributed by atoms with Crippen LogP contribution in [0.15, 0.2) is 57.8 Å². The predicted molar refractivity (Wildman–Crippen MR) is 95.2 cm³/mol. The molecule has 3 aromatic rings. The highest BCUT2D eigenvalue weighted by Gasteiger charge is 2.36. The third-order valence-corrected chi connectivity index (χ3v) is 5.47. The lowest BCUT2D eigenvalue weighted by Gasteiger charge is -2.25. The highest BCUT2D eigenvalue weighted by Crippen LogP contribution is 2.32. The van der Waals surface area contributed by atoms with Crippen LogP contribution in [0.2, 0.25) is 0 Å². The first-order valence-electron chi connectivity index (χ1n) is 7.48. The van der Waals surface area contributed by atoms with Crippen molar-refractivity contribution in [2.45, 2.75) is 12.1 Å². The Hall–Kier alpha value is -2.42. The van der Waals surface area contributed by atoms with Gasteiger partial charge in [0, 0.05) is 9.75 Å². The molecule has 8 heteroatoms. The number of hydrogen-bond acceptors (Lipinski definition) is 6. The van der Waals surface area contributed by atoms with Crippen LogP contribution in [-0.2, 0) is 21.7 Å². The average molecular weight is 376 g/mol. The molecular formula is C17H16N2O4S2. The van der Waals surface area contributed by atoms with Gasteiger partial charge in [-0.2, -0.15) is 0 Å². The molecule has 1 atom stereocenters. The Labute approximate surface area is 152 Å².